The third kappa shape index (κ3) is 2.37. The van der Waals surface area contributed by atoms with Crippen molar-refractivity contribution in [2.75, 3.05) is 13.2 Å². The van der Waals surface area contributed by atoms with Crippen molar-refractivity contribution in [3.63, 3.8) is 0 Å². The van der Waals surface area contributed by atoms with E-state index in [1.54, 1.807) is 0 Å². The summed E-state index contributed by atoms with van der Waals surface area (Å²) < 4.78 is 10.7. The van der Waals surface area contributed by atoms with E-state index in [0.717, 1.165) is 5.56 Å². The maximum atomic E-state index is 11.5. The predicted molar refractivity (Wildman–Crippen MR) is 68.9 cm³/mol. The minimum Gasteiger partial charge on any atom is -0.447 e. The van der Waals surface area contributed by atoms with Gasteiger partial charge in [0.2, 0.25) is 0 Å². The van der Waals surface area contributed by atoms with Crippen molar-refractivity contribution in [2.24, 2.45) is 0 Å². The van der Waals surface area contributed by atoms with E-state index in [4.69, 9.17) is 9.47 Å². The lowest BCUT2D eigenvalue weighted by Gasteiger charge is -2.40. The number of nitrogens with zero attached hydrogens (tertiary/aromatic N) is 1. The molecule has 0 spiro atoms. The number of rotatable bonds is 3. The second-order valence-corrected chi connectivity index (χ2v) is 5.12. The Morgan fingerprint density at radius 1 is 1.30 bits per heavy atom. The molecule has 6 nitrogen and oxygen atoms in total. The zero-order valence-electron chi connectivity index (χ0n) is 10.9. The van der Waals surface area contributed by atoms with Crippen LogP contribution in [0.25, 0.3) is 0 Å². The van der Waals surface area contributed by atoms with Crippen molar-refractivity contribution in [2.45, 2.75) is 31.0 Å². The Hall–Kier alpha value is -1.63. The summed E-state index contributed by atoms with van der Waals surface area (Å²) in [6.45, 7) is 0.575. The molecule has 108 valence electrons. The molecular formula is C14H17NO5. The highest BCUT2D eigenvalue weighted by Crippen LogP contribution is 2.27. The van der Waals surface area contributed by atoms with E-state index in [9.17, 15) is 15.0 Å². The Balaban J connectivity index is 1.71. The molecule has 2 saturated heterocycles. The highest BCUT2D eigenvalue weighted by Gasteiger charge is 2.49. The summed E-state index contributed by atoms with van der Waals surface area (Å²) in [4.78, 5) is 13.0. The van der Waals surface area contributed by atoms with Crippen molar-refractivity contribution in [3.8, 4) is 0 Å². The highest BCUT2D eigenvalue weighted by atomic mass is 16.6. The van der Waals surface area contributed by atoms with E-state index in [1.807, 2.05) is 30.3 Å². The summed E-state index contributed by atoms with van der Waals surface area (Å²) in [6, 6.07) is 9.20. The summed E-state index contributed by atoms with van der Waals surface area (Å²) in [5.74, 6) is 0. The van der Waals surface area contributed by atoms with Gasteiger partial charge in [0.25, 0.3) is 0 Å². The van der Waals surface area contributed by atoms with Gasteiger partial charge in [0.05, 0.1) is 19.2 Å². The average molecular weight is 279 g/mol. The van der Waals surface area contributed by atoms with Crippen LogP contribution in [0.5, 0.6) is 0 Å². The molecule has 3 rings (SSSR count). The van der Waals surface area contributed by atoms with Crippen molar-refractivity contribution < 1.29 is 24.5 Å². The monoisotopic (exact) mass is 279 g/mol. The van der Waals surface area contributed by atoms with E-state index in [-0.39, 0.29) is 19.2 Å². The van der Waals surface area contributed by atoms with Crippen LogP contribution in [-0.4, -0.2) is 58.7 Å². The summed E-state index contributed by atoms with van der Waals surface area (Å²) in [7, 11) is 0. The van der Waals surface area contributed by atoms with Crippen LogP contribution in [0.2, 0.25) is 0 Å². The molecule has 1 aromatic carbocycles. The third-order valence-electron chi connectivity index (χ3n) is 3.79. The molecule has 1 aromatic rings. The molecule has 2 aliphatic rings. The Bertz CT molecular complexity index is 480. The largest absolute Gasteiger partial charge is 0.447 e. The van der Waals surface area contributed by atoms with Gasteiger partial charge in [-0.1, -0.05) is 30.3 Å². The van der Waals surface area contributed by atoms with Crippen LogP contribution in [-0.2, 0) is 16.1 Å². The van der Waals surface area contributed by atoms with E-state index in [0.29, 0.717) is 6.61 Å². The van der Waals surface area contributed by atoms with Gasteiger partial charge in [-0.05, 0) is 5.56 Å². The molecule has 6 heteroatoms. The van der Waals surface area contributed by atoms with Crippen LogP contribution in [0.4, 0.5) is 4.79 Å². The normalized spacial score (nSPS) is 32.9. The molecule has 1 amide bonds. The van der Waals surface area contributed by atoms with Crippen LogP contribution in [0.15, 0.2) is 30.3 Å². The fraction of sp³-hybridized carbons (Fsp3) is 0.500. The van der Waals surface area contributed by atoms with Crippen LogP contribution >= 0.6 is 0 Å². The lowest BCUT2D eigenvalue weighted by molar-refractivity contribution is -0.147. The number of carbonyl (C=O) groups is 1. The summed E-state index contributed by atoms with van der Waals surface area (Å²) in [5, 5.41) is 19.9. The Morgan fingerprint density at radius 2 is 2.05 bits per heavy atom. The average Bonchev–Trinajstić information content (AvgIpc) is 2.82. The number of cyclic esters (lactones) is 1. The first-order valence-electron chi connectivity index (χ1n) is 6.62. The van der Waals surface area contributed by atoms with Crippen molar-refractivity contribution in [1.82, 2.24) is 4.90 Å². The number of piperidine rings is 1. The second kappa shape index (κ2) is 5.40. The molecule has 0 aromatic heterocycles. The molecule has 0 saturated carbocycles. The zero-order valence-corrected chi connectivity index (χ0v) is 10.9. The van der Waals surface area contributed by atoms with Gasteiger partial charge in [0.15, 0.2) is 0 Å². The maximum absolute atomic E-state index is 11.5. The van der Waals surface area contributed by atoms with Crippen LogP contribution in [0, 0.1) is 0 Å². The number of aliphatic hydroxyl groups is 2. The molecule has 2 aliphatic heterocycles. The molecule has 2 heterocycles. The maximum Gasteiger partial charge on any atom is 0.410 e. The smallest absolute Gasteiger partial charge is 0.410 e. The SMILES string of the molecule is O=C1OC[C@@H]2[C@H](OCc3ccccc3)[C@@H](O)[C@H](O)CN12. The molecule has 20 heavy (non-hydrogen) atoms. The number of ether oxygens (including phenoxy) is 2. The third-order valence-corrected chi connectivity index (χ3v) is 3.79. The lowest BCUT2D eigenvalue weighted by atomic mass is 9.95. The number of hydrogen-bond donors (Lipinski definition) is 2. The molecule has 0 aliphatic carbocycles. The van der Waals surface area contributed by atoms with Crippen LogP contribution in [0.1, 0.15) is 5.56 Å². The van der Waals surface area contributed by atoms with E-state index in [1.165, 1.54) is 4.90 Å². The number of carbonyl (C=O) groups excluding carboxylic acids is 1. The van der Waals surface area contributed by atoms with Gasteiger partial charge < -0.3 is 19.7 Å². The number of benzene rings is 1. The summed E-state index contributed by atoms with van der Waals surface area (Å²) in [6.07, 6.45) is -3.15. The van der Waals surface area contributed by atoms with Crippen molar-refractivity contribution in [3.05, 3.63) is 35.9 Å². The quantitative estimate of drug-likeness (QED) is 0.822. The van der Waals surface area contributed by atoms with Gasteiger partial charge in [-0.25, -0.2) is 4.79 Å². The minimum atomic E-state index is -1.02. The molecule has 2 fully saturated rings. The van der Waals surface area contributed by atoms with Gasteiger partial charge in [-0.2, -0.15) is 0 Å². The standard InChI is InChI=1S/C14H17NO5/c16-11-6-15-10(8-20-14(15)18)13(12(11)17)19-7-9-4-2-1-3-5-9/h1-5,10-13,16-17H,6-8H2/t10-,11-,12+,13+/m1/s1. The fourth-order valence-electron chi connectivity index (χ4n) is 2.68. The number of hydrogen-bond acceptors (Lipinski definition) is 5. The molecule has 0 unspecified atom stereocenters. The highest BCUT2D eigenvalue weighted by molar-refractivity contribution is 5.70. The Morgan fingerprint density at radius 3 is 2.80 bits per heavy atom. The molecule has 2 N–H and O–H groups in total. The summed E-state index contributed by atoms with van der Waals surface area (Å²) >= 11 is 0. The van der Waals surface area contributed by atoms with Crippen LogP contribution in [0.3, 0.4) is 0 Å². The Kier molecular flexibility index (Phi) is 3.60. The molecular weight excluding hydrogens is 262 g/mol. The van der Waals surface area contributed by atoms with Gasteiger partial charge >= 0.3 is 6.09 Å². The summed E-state index contributed by atoms with van der Waals surface area (Å²) in [5.41, 5.74) is 0.969. The fourth-order valence-corrected chi connectivity index (χ4v) is 2.68. The van der Waals surface area contributed by atoms with Crippen molar-refractivity contribution >= 4 is 6.09 Å². The van der Waals surface area contributed by atoms with Crippen molar-refractivity contribution in [1.29, 1.82) is 0 Å². The van der Waals surface area contributed by atoms with E-state index >= 15 is 0 Å². The van der Waals surface area contributed by atoms with Crippen LogP contribution < -0.4 is 0 Å². The first-order chi connectivity index (χ1) is 9.66. The first kappa shape index (κ1) is 13.4. The van der Waals surface area contributed by atoms with E-state index < -0.39 is 24.4 Å². The van der Waals surface area contributed by atoms with Gasteiger partial charge in [0, 0.05) is 0 Å². The lowest BCUT2D eigenvalue weighted by Crippen LogP contribution is -2.61. The van der Waals surface area contributed by atoms with Gasteiger partial charge in [0.1, 0.15) is 24.9 Å². The second-order valence-electron chi connectivity index (χ2n) is 5.12. The Labute approximate surface area is 116 Å². The first-order valence-corrected chi connectivity index (χ1v) is 6.62. The predicted octanol–water partition coefficient (Wildman–Crippen LogP) is 0.128. The molecule has 0 bridgehead atoms. The zero-order chi connectivity index (χ0) is 14.1. The topological polar surface area (TPSA) is 79.2 Å². The number of fused-ring (bicyclic) bond motifs is 1. The van der Waals surface area contributed by atoms with Gasteiger partial charge in [-0.15, -0.1) is 0 Å². The molecule has 4 atom stereocenters. The van der Waals surface area contributed by atoms with Gasteiger partial charge in [-0.3, -0.25) is 4.90 Å². The van der Waals surface area contributed by atoms with E-state index in [2.05, 4.69) is 0 Å². The number of aliphatic hydroxyl groups excluding tert-OH is 2. The molecule has 0 radical (unpaired) electrons. The minimum absolute atomic E-state index is 0.0792. The number of amides is 1.